The number of aliphatic hydroxyl groups is 1. The Labute approximate surface area is 132 Å². The summed E-state index contributed by atoms with van der Waals surface area (Å²) < 4.78 is 15.8. The van der Waals surface area contributed by atoms with Crippen molar-refractivity contribution in [1.82, 2.24) is 0 Å². The number of fused-ring (bicyclic) bond motifs is 1. The van der Waals surface area contributed by atoms with Gasteiger partial charge in [0.25, 0.3) is 0 Å². The molecule has 6 heteroatoms. The van der Waals surface area contributed by atoms with Gasteiger partial charge in [-0.05, 0) is 30.7 Å². The molecule has 2 rings (SSSR count). The predicted molar refractivity (Wildman–Crippen MR) is 84.4 cm³/mol. The van der Waals surface area contributed by atoms with Crippen LogP contribution >= 0.6 is 0 Å². The van der Waals surface area contributed by atoms with E-state index in [1.54, 1.807) is 25.1 Å². The van der Waals surface area contributed by atoms with Crippen molar-refractivity contribution >= 4 is 16.9 Å². The summed E-state index contributed by atoms with van der Waals surface area (Å²) in [6, 6.07) is 6.23. The van der Waals surface area contributed by atoms with Gasteiger partial charge in [-0.1, -0.05) is 6.58 Å². The lowest BCUT2D eigenvalue weighted by Crippen LogP contribution is -2.25. The molecule has 0 saturated carbocycles. The van der Waals surface area contributed by atoms with E-state index in [1.165, 1.54) is 20.1 Å². The smallest absolute Gasteiger partial charge is 0.336 e. The Kier molecular flexibility index (Phi) is 4.86. The predicted octanol–water partition coefficient (Wildman–Crippen LogP) is 2.34. The first-order valence-corrected chi connectivity index (χ1v) is 6.96. The molecule has 0 aliphatic rings. The van der Waals surface area contributed by atoms with Crippen LogP contribution in [0.3, 0.4) is 0 Å². The van der Waals surface area contributed by atoms with E-state index in [2.05, 4.69) is 6.58 Å². The van der Waals surface area contributed by atoms with Crippen molar-refractivity contribution in [1.29, 1.82) is 0 Å². The van der Waals surface area contributed by atoms with Gasteiger partial charge in [0.15, 0.2) is 6.10 Å². The molecule has 2 aromatic rings. The molecule has 122 valence electrons. The van der Waals surface area contributed by atoms with Crippen LogP contribution in [0.2, 0.25) is 0 Å². The first-order valence-electron chi connectivity index (χ1n) is 6.96. The summed E-state index contributed by atoms with van der Waals surface area (Å²) in [6.07, 6.45) is -2.28. The molecule has 6 nitrogen and oxygen atoms in total. The summed E-state index contributed by atoms with van der Waals surface area (Å²) in [5, 5.41) is 11.0. The number of esters is 1. The number of carbonyl (C=O) groups excluding carboxylic acids is 1. The number of hydrogen-bond acceptors (Lipinski definition) is 6. The maximum absolute atomic E-state index is 11.6. The van der Waals surface area contributed by atoms with E-state index in [0.29, 0.717) is 16.7 Å². The highest BCUT2D eigenvalue weighted by Gasteiger charge is 2.31. The Morgan fingerprint density at radius 3 is 2.48 bits per heavy atom. The average molecular weight is 318 g/mol. The van der Waals surface area contributed by atoms with Gasteiger partial charge in [-0.2, -0.15) is 0 Å². The fourth-order valence-corrected chi connectivity index (χ4v) is 2.30. The van der Waals surface area contributed by atoms with E-state index in [4.69, 9.17) is 13.9 Å². The summed E-state index contributed by atoms with van der Waals surface area (Å²) in [7, 11) is 1.43. The zero-order valence-corrected chi connectivity index (χ0v) is 13.2. The molecule has 0 spiro atoms. The molecular formula is C17H18O6. The second kappa shape index (κ2) is 6.66. The van der Waals surface area contributed by atoms with E-state index in [0.717, 1.165) is 0 Å². The third-order valence-corrected chi connectivity index (χ3v) is 3.38. The molecule has 0 fully saturated rings. The maximum Gasteiger partial charge on any atom is 0.336 e. The summed E-state index contributed by atoms with van der Waals surface area (Å²) in [6.45, 7) is 6.52. The van der Waals surface area contributed by atoms with E-state index in [-0.39, 0.29) is 11.1 Å². The number of ether oxygens (including phenoxy) is 2. The van der Waals surface area contributed by atoms with E-state index >= 15 is 0 Å². The van der Waals surface area contributed by atoms with Crippen LogP contribution in [0.4, 0.5) is 0 Å². The monoisotopic (exact) mass is 318 g/mol. The molecule has 23 heavy (non-hydrogen) atoms. The Hall–Kier alpha value is -2.60. The molecule has 1 aromatic carbocycles. The quantitative estimate of drug-likeness (QED) is 0.517. The van der Waals surface area contributed by atoms with Crippen LogP contribution in [0.15, 0.2) is 45.6 Å². The second-order valence-corrected chi connectivity index (χ2v) is 5.18. The van der Waals surface area contributed by atoms with E-state index in [1.807, 2.05) is 0 Å². The fourth-order valence-electron chi connectivity index (χ4n) is 2.30. The van der Waals surface area contributed by atoms with E-state index < -0.39 is 23.8 Å². The van der Waals surface area contributed by atoms with Crippen LogP contribution in [0.1, 0.15) is 25.5 Å². The van der Waals surface area contributed by atoms with Gasteiger partial charge in [-0.15, -0.1) is 0 Å². The molecule has 0 bridgehead atoms. The molecule has 1 aromatic heterocycles. The first-order chi connectivity index (χ1) is 10.8. The molecular weight excluding hydrogens is 300 g/mol. The van der Waals surface area contributed by atoms with Gasteiger partial charge >= 0.3 is 11.6 Å². The van der Waals surface area contributed by atoms with Crippen molar-refractivity contribution in [2.24, 2.45) is 0 Å². The third-order valence-electron chi connectivity index (χ3n) is 3.38. The highest BCUT2D eigenvalue weighted by Crippen LogP contribution is 2.37. The molecule has 0 unspecified atom stereocenters. The Bertz CT molecular complexity index is 804. The standard InChI is InChI=1S/C17H18O6/c1-9(2)15(20)17(22-10(3)18)14-12(21-4)7-5-11-6-8-13(19)23-16(11)14/h5-8,15,17,20H,1H2,2-4H3/t15-,17-/m0/s1. The summed E-state index contributed by atoms with van der Waals surface area (Å²) in [4.78, 5) is 23.0. The molecule has 1 N–H and O–H groups in total. The lowest BCUT2D eigenvalue weighted by atomic mass is 9.97. The van der Waals surface area contributed by atoms with Crippen molar-refractivity contribution in [3.05, 3.63) is 52.4 Å². The normalized spacial score (nSPS) is 13.4. The minimum absolute atomic E-state index is 0.198. The number of methoxy groups -OCH3 is 1. The van der Waals surface area contributed by atoms with Gasteiger partial charge < -0.3 is 19.0 Å². The molecule has 0 aliphatic carbocycles. The SMILES string of the molecule is C=C(C)[C@H](O)[C@@H](OC(C)=O)c1c(OC)ccc2ccc(=O)oc12. The minimum Gasteiger partial charge on any atom is -0.496 e. The molecule has 2 atom stereocenters. The topological polar surface area (TPSA) is 86.0 Å². The highest BCUT2D eigenvalue weighted by atomic mass is 16.6. The van der Waals surface area contributed by atoms with Crippen LogP contribution in [0.25, 0.3) is 11.0 Å². The number of carbonyl (C=O) groups is 1. The summed E-state index contributed by atoms with van der Waals surface area (Å²) >= 11 is 0. The van der Waals surface area contributed by atoms with Gasteiger partial charge in [0.2, 0.25) is 0 Å². The zero-order chi connectivity index (χ0) is 17.1. The van der Waals surface area contributed by atoms with E-state index in [9.17, 15) is 14.7 Å². The Balaban J connectivity index is 2.78. The van der Waals surface area contributed by atoms with Crippen molar-refractivity contribution in [3.63, 3.8) is 0 Å². The van der Waals surface area contributed by atoms with Crippen molar-refractivity contribution in [3.8, 4) is 5.75 Å². The fraction of sp³-hybridized carbons (Fsp3) is 0.294. The molecule has 1 heterocycles. The van der Waals surface area contributed by atoms with Crippen LogP contribution in [0.5, 0.6) is 5.75 Å². The number of hydrogen-bond donors (Lipinski definition) is 1. The van der Waals surface area contributed by atoms with Gasteiger partial charge in [-0.25, -0.2) is 4.79 Å². The Morgan fingerprint density at radius 2 is 1.91 bits per heavy atom. The lowest BCUT2D eigenvalue weighted by Gasteiger charge is -2.25. The van der Waals surface area contributed by atoms with Crippen LogP contribution in [0, 0.1) is 0 Å². The van der Waals surface area contributed by atoms with Crippen LogP contribution < -0.4 is 10.4 Å². The van der Waals surface area contributed by atoms with Crippen molar-refractivity contribution in [2.45, 2.75) is 26.1 Å². The van der Waals surface area contributed by atoms with Crippen LogP contribution in [-0.2, 0) is 9.53 Å². The van der Waals surface area contributed by atoms with Gasteiger partial charge in [0.1, 0.15) is 17.4 Å². The molecule has 0 aliphatic heterocycles. The maximum atomic E-state index is 11.6. The average Bonchev–Trinajstić information content (AvgIpc) is 2.50. The second-order valence-electron chi connectivity index (χ2n) is 5.18. The van der Waals surface area contributed by atoms with Crippen molar-refractivity contribution < 1.29 is 23.8 Å². The van der Waals surface area contributed by atoms with Crippen LogP contribution in [-0.4, -0.2) is 24.3 Å². The third kappa shape index (κ3) is 3.43. The summed E-state index contributed by atoms with van der Waals surface area (Å²) in [5.41, 5.74) is 0.323. The number of benzene rings is 1. The number of rotatable bonds is 5. The largest absolute Gasteiger partial charge is 0.496 e. The van der Waals surface area contributed by atoms with Gasteiger partial charge in [-0.3, -0.25) is 4.79 Å². The Morgan fingerprint density at radius 1 is 1.26 bits per heavy atom. The van der Waals surface area contributed by atoms with Crippen molar-refractivity contribution in [2.75, 3.05) is 7.11 Å². The molecule has 0 amide bonds. The first kappa shape index (κ1) is 16.8. The summed E-state index contributed by atoms with van der Waals surface area (Å²) in [5.74, 6) is -0.258. The molecule has 0 saturated heterocycles. The lowest BCUT2D eigenvalue weighted by molar-refractivity contribution is -0.151. The van der Waals surface area contributed by atoms with Gasteiger partial charge in [0, 0.05) is 18.4 Å². The minimum atomic E-state index is -1.18. The number of aliphatic hydroxyl groups excluding tert-OH is 1. The van der Waals surface area contributed by atoms with Gasteiger partial charge in [0.05, 0.1) is 12.7 Å². The molecule has 0 radical (unpaired) electrons. The highest BCUT2D eigenvalue weighted by molar-refractivity contribution is 5.83. The zero-order valence-electron chi connectivity index (χ0n) is 13.2.